The van der Waals surface area contributed by atoms with Crippen molar-refractivity contribution in [3.8, 4) is 17.2 Å². The molecule has 1 heterocycles. The van der Waals surface area contributed by atoms with E-state index in [1.165, 1.54) is 18.4 Å². The van der Waals surface area contributed by atoms with Gasteiger partial charge in [-0.2, -0.15) is 0 Å². The van der Waals surface area contributed by atoms with Gasteiger partial charge in [0.15, 0.2) is 5.13 Å². The second kappa shape index (κ2) is 7.67. The Morgan fingerprint density at radius 1 is 1.04 bits per heavy atom. The molecule has 3 rings (SSSR count). The molecule has 9 heteroatoms. The maximum atomic E-state index is 12.3. The maximum Gasteiger partial charge on any atom is 0.325 e. The Hall–Kier alpha value is -2.71. The van der Waals surface area contributed by atoms with E-state index >= 15 is 0 Å². The van der Waals surface area contributed by atoms with Gasteiger partial charge in [0.05, 0.1) is 36.7 Å². The van der Waals surface area contributed by atoms with E-state index in [9.17, 15) is 4.79 Å². The number of fused-ring (bicyclic) bond motifs is 1. The van der Waals surface area contributed by atoms with Crippen molar-refractivity contribution in [3.63, 3.8) is 0 Å². The van der Waals surface area contributed by atoms with E-state index in [1.807, 2.05) is 0 Å². The van der Waals surface area contributed by atoms with Crippen LogP contribution in [0, 0.1) is 0 Å². The number of methoxy groups -OCH3 is 3. The van der Waals surface area contributed by atoms with Crippen molar-refractivity contribution in [2.24, 2.45) is 0 Å². The Morgan fingerprint density at radius 3 is 2.50 bits per heavy atom. The first-order valence-corrected chi connectivity index (χ1v) is 8.68. The average molecular weight is 394 g/mol. The third-order valence-corrected chi connectivity index (χ3v) is 4.99. The highest BCUT2D eigenvalue weighted by atomic mass is 35.5. The van der Waals surface area contributed by atoms with E-state index in [0.29, 0.717) is 38.6 Å². The molecule has 2 aromatic carbocycles. The predicted octanol–water partition coefficient (Wildman–Crippen LogP) is 4.62. The molecule has 0 fully saturated rings. The van der Waals surface area contributed by atoms with Crippen LogP contribution in [0.1, 0.15) is 0 Å². The van der Waals surface area contributed by atoms with Crippen LogP contribution in [0.15, 0.2) is 30.3 Å². The Bertz CT molecular complexity index is 961. The number of aromatic nitrogens is 1. The molecule has 0 spiro atoms. The van der Waals surface area contributed by atoms with Crippen molar-refractivity contribution in [1.29, 1.82) is 0 Å². The number of carbonyl (C=O) groups is 1. The summed E-state index contributed by atoms with van der Waals surface area (Å²) < 4.78 is 16.4. The van der Waals surface area contributed by atoms with Crippen molar-refractivity contribution in [2.45, 2.75) is 0 Å². The number of benzene rings is 2. The number of urea groups is 1. The number of nitrogens with one attached hydrogen (secondary N) is 2. The fourth-order valence-electron chi connectivity index (χ4n) is 2.32. The van der Waals surface area contributed by atoms with Gasteiger partial charge < -0.3 is 19.5 Å². The molecule has 136 valence electrons. The summed E-state index contributed by atoms with van der Waals surface area (Å²) in [6.07, 6.45) is 0. The summed E-state index contributed by atoms with van der Waals surface area (Å²) in [6.45, 7) is 0. The van der Waals surface area contributed by atoms with Gasteiger partial charge in [-0.15, -0.1) is 0 Å². The Kier molecular flexibility index (Phi) is 5.34. The van der Waals surface area contributed by atoms with Crippen molar-refractivity contribution in [3.05, 3.63) is 35.4 Å². The molecule has 0 saturated carbocycles. The molecule has 2 amide bonds. The molecule has 0 aliphatic carbocycles. The lowest BCUT2D eigenvalue weighted by molar-refractivity contribution is 0.262. The molecule has 0 aliphatic rings. The topological polar surface area (TPSA) is 81.7 Å². The number of thiazole rings is 1. The van der Waals surface area contributed by atoms with E-state index in [4.69, 9.17) is 25.8 Å². The predicted molar refractivity (Wildman–Crippen MR) is 103 cm³/mol. The van der Waals surface area contributed by atoms with Gasteiger partial charge in [0.25, 0.3) is 0 Å². The first kappa shape index (κ1) is 18.1. The largest absolute Gasteiger partial charge is 0.497 e. The van der Waals surface area contributed by atoms with E-state index < -0.39 is 6.03 Å². The zero-order valence-electron chi connectivity index (χ0n) is 14.3. The molecule has 26 heavy (non-hydrogen) atoms. The molecular weight excluding hydrogens is 378 g/mol. The van der Waals surface area contributed by atoms with Crippen molar-refractivity contribution < 1.29 is 19.0 Å². The maximum absolute atomic E-state index is 12.3. The zero-order chi connectivity index (χ0) is 18.7. The summed E-state index contributed by atoms with van der Waals surface area (Å²) in [5.74, 6) is 1.69. The van der Waals surface area contributed by atoms with Gasteiger partial charge in [-0.3, -0.25) is 5.32 Å². The number of hydrogen-bond donors (Lipinski definition) is 2. The first-order valence-electron chi connectivity index (χ1n) is 7.48. The SMILES string of the molecule is COc1ccc(NC(=O)Nc2nc3c(OC)ccc(Cl)c3s2)c(OC)c1. The minimum Gasteiger partial charge on any atom is -0.497 e. The first-order chi connectivity index (χ1) is 12.5. The molecule has 3 aromatic rings. The minimum absolute atomic E-state index is 0.399. The van der Waals surface area contributed by atoms with Crippen molar-refractivity contribution >= 4 is 50.0 Å². The van der Waals surface area contributed by atoms with Gasteiger partial charge in [0, 0.05) is 6.07 Å². The highest BCUT2D eigenvalue weighted by Crippen LogP contribution is 2.37. The average Bonchev–Trinajstić information content (AvgIpc) is 3.06. The molecular formula is C17H16ClN3O4S. The van der Waals surface area contributed by atoms with Crippen LogP contribution in [0.3, 0.4) is 0 Å². The highest BCUT2D eigenvalue weighted by Gasteiger charge is 2.15. The summed E-state index contributed by atoms with van der Waals surface area (Å²) in [6, 6.07) is 8.10. The number of ether oxygens (including phenoxy) is 3. The number of anilines is 2. The smallest absolute Gasteiger partial charge is 0.325 e. The third kappa shape index (κ3) is 3.61. The zero-order valence-corrected chi connectivity index (χ0v) is 15.8. The second-order valence-corrected chi connectivity index (χ2v) is 6.50. The Morgan fingerprint density at radius 2 is 1.81 bits per heavy atom. The number of nitrogens with zero attached hydrogens (tertiary/aromatic N) is 1. The molecule has 0 atom stereocenters. The molecule has 0 aliphatic heterocycles. The molecule has 0 radical (unpaired) electrons. The van der Waals surface area contributed by atoms with Crippen LogP contribution < -0.4 is 24.8 Å². The number of amides is 2. The molecule has 0 bridgehead atoms. The lowest BCUT2D eigenvalue weighted by atomic mass is 10.2. The van der Waals surface area contributed by atoms with Gasteiger partial charge in [0.1, 0.15) is 22.8 Å². The minimum atomic E-state index is -0.456. The van der Waals surface area contributed by atoms with Gasteiger partial charge in [-0.25, -0.2) is 9.78 Å². The van der Waals surface area contributed by atoms with Crippen LogP contribution in [0.25, 0.3) is 10.2 Å². The van der Waals surface area contributed by atoms with Crippen molar-refractivity contribution in [1.82, 2.24) is 4.98 Å². The van der Waals surface area contributed by atoms with Gasteiger partial charge in [-0.05, 0) is 24.3 Å². The van der Waals surface area contributed by atoms with Gasteiger partial charge in [-0.1, -0.05) is 22.9 Å². The lowest BCUT2D eigenvalue weighted by Crippen LogP contribution is -2.19. The Labute approximate surface area is 158 Å². The number of rotatable bonds is 5. The van der Waals surface area contributed by atoms with E-state index in [0.717, 1.165) is 4.70 Å². The van der Waals surface area contributed by atoms with Crippen molar-refractivity contribution in [2.75, 3.05) is 32.0 Å². The quantitative estimate of drug-likeness (QED) is 0.661. The van der Waals surface area contributed by atoms with E-state index in [-0.39, 0.29) is 0 Å². The van der Waals surface area contributed by atoms with Crippen LogP contribution in [-0.2, 0) is 0 Å². The van der Waals surface area contributed by atoms with Crippen LogP contribution in [-0.4, -0.2) is 32.3 Å². The van der Waals surface area contributed by atoms with Crippen LogP contribution in [0.5, 0.6) is 17.2 Å². The monoisotopic (exact) mass is 393 g/mol. The number of carbonyl (C=O) groups excluding carboxylic acids is 1. The molecule has 2 N–H and O–H groups in total. The molecule has 0 saturated heterocycles. The van der Waals surface area contributed by atoms with E-state index in [2.05, 4.69) is 15.6 Å². The summed E-state index contributed by atoms with van der Waals surface area (Å²) in [4.78, 5) is 16.7. The van der Waals surface area contributed by atoms with Crippen LogP contribution in [0.4, 0.5) is 15.6 Å². The normalized spacial score (nSPS) is 10.5. The lowest BCUT2D eigenvalue weighted by Gasteiger charge is -2.11. The second-order valence-electron chi connectivity index (χ2n) is 5.09. The fourth-order valence-corrected chi connectivity index (χ4v) is 3.47. The number of hydrogen-bond acceptors (Lipinski definition) is 6. The highest BCUT2D eigenvalue weighted by molar-refractivity contribution is 7.23. The third-order valence-electron chi connectivity index (χ3n) is 3.56. The summed E-state index contributed by atoms with van der Waals surface area (Å²) in [5, 5.41) is 6.36. The number of halogens is 1. The summed E-state index contributed by atoms with van der Waals surface area (Å²) in [7, 11) is 4.62. The van der Waals surface area contributed by atoms with Gasteiger partial charge in [0.2, 0.25) is 0 Å². The molecule has 0 unspecified atom stereocenters. The summed E-state index contributed by atoms with van der Waals surface area (Å²) >= 11 is 7.45. The summed E-state index contributed by atoms with van der Waals surface area (Å²) in [5.41, 5.74) is 1.10. The fraction of sp³-hybridized carbons (Fsp3) is 0.176. The molecule has 7 nitrogen and oxygen atoms in total. The Balaban J connectivity index is 1.80. The van der Waals surface area contributed by atoms with Crippen LogP contribution >= 0.6 is 22.9 Å². The van der Waals surface area contributed by atoms with Gasteiger partial charge >= 0.3 is 6.03 Å². The molecule has 1 aromatic heterocycles. The standard InChI is InChI=1S/C17H16ClN3O4S/c1-23-9-4-6-11(13(8-9)25-3)19-16(22)21-17-20-14-12(24-2)7-5-10(18)15(14)26-17/h4-8H,1-3H3,(H2,19,20,21,22). The van der Waals surface area contributed by atoms with Crippen LogP contribution in [0.2, 0.25) is 5.02 Å². The van der Waals surface area contributed by atoms with E-state index in [1.54, 1.807) is 44.6 Å².